The van der Waals surface area contributed by atoms with Crippen molar-refractivity contribution >= 4 is 44.9 Å². The molecule has 1 aliphatic heterocycles. The van der Waals surface area contributed by atoms with Crippen molar-refractivity contribution < 1.29 is 4.79 Å². The minimum Gasteiger partial charge on any atom is -0.397 e. The number of aromatic nitrogens is 2. The van der Waals surface area contributed by atoms with E-state index in [0.29, 0.717) is 22.4 Å². The molecule has 1 unspecified atom stereocenters. The highest BCUT2D eigenvalue weighted by molar-refractivity contribution is 8.00. The Hall–Kier alpha value is -1.34. The molecule has 0 bridgehead atoms. The van der Waals surface area contributed by atoms with Crippen molar-refractivity contribution in [3.05, 3.63) is 16.1 Å². The second kappa shape index (κ2) is 5.81. The number of aryl methyl sites for hydroxylation is 2. The molecule has 7 heteroatoms. The van der Waals surface area contributed by atoms with Gasteiger partial charge in [-0.05, 0) is 38.0 Å². The predicted molar refractivity (Wildman–Crippen MR) is 89.1 cm³/mol. The number of rotatable bonds is 3. The molecule has 21 heavy (non-hydrogen) atoms. The van der Waals surface area contributed by atoms with Crippen molar-refractivity contribution in [2.24, 2.45) is 0 Å². The zero-order valence-corrected chi connectivity index (χ0v) is 13.7. The Morgan fingerprint density at radius 2 is 2.24 bits per heavy atom. The third-order valence-electron chi connectivity index (χ3n) is 3.86. The van der Waals surface area contributed by atoms with Crippen LogP contribution in [-0.4, -0.2) is 33.7 Å². The molecule has 0 spiro atoms. The maximum atomic E-state index is 12.3. The number of carbonyl (C=O) groups excluding carboxylic acids is 1. The number of thiophene rings is 1. The molecule has 3 N–H and O–H groups in total. The number of nitrogen functional groups attached to an aromatic ring is 1. The summed E-state index contributed by atoms with van der Waals surface area (Å²) in [6.45, 7) is 4.57. The lowest BCUT2D eigenvalue weighted by atomic mass is 10.1. The van der Waals surface area contributed by atoms with Crippen LogP contribution >= 0.6 is 23.1 Å². The quantitative estimate of drug-likeness (QED) is 0.907. The van der Waals surface area contributed by atoms with Gasteiger partial charge in [-0.2, -0.15) is 16.9 Å². The number of anilines is 1. The van der Waals surface area contributed by atoms with Crippen LogP contribution in [0.3, 0.4) is 0 Å². The second-order valence-corrected chi connectivity index (χ2v) is 7.69. The molecule has 2 aromatic heterocycles. The Bertz CT molecular complexity index is 692. The van der Waals surface area contributed by atoms with E-state index in [2.05, 4.69) is 15.5 Å². The number of hydrogen-bond acceptors (Lipinski definition) is 6. The smallest absolute Gasteiger partial charge is 0.263 e. The first-order chi connectivity index (χ1) is 10.1. The molecule has 1 atom stereocenters. The van der Waals surface area contributed by atoms with Gasteiger partial charge in [0.1, 0.15) is 9.71 Å². The van der Waals surface area contributed by atoms with E-state index >= 15 is 0 Å². The van der Waals surface area contributed by atoms with Gasteiger partial charge >= 0.3 is 0 Å². The number of nitrogens with two attached hydrogens (primary N) is 1. The van der Waals surface area contributed by atoms with Gasteiger partial charge in [-0.25, -0.2) is 0 Å². The summed E-state index contributed by atoms with van der Waals surface area (Å²) in [5.41, 5.74) is 8.55. The topological polar surface area (TPSA) is 80.9 Å². The summed E-state index contributed by atoms with van der Waals surface area (Å²) in [7, 11) is 0. The third kappa shape index (κ3) is 2.72. The Morgan fingerprint density at radius 1 is 1.43 bits per heavy atom. The van der Waals surface area contributed by atoms with Crippen molar-refractivity contribution in [1.29, 1.82) is 0 Å². The van der Waals surface area contributed by atoms with Gasteiger partial charge in [0, 0.05) is 17.2 Å². The number of hydrogen-bond donors (Lipinski definition) is 2. The lowest BCUT2D eigenvalue weighted by Crippen LogP contribution is -2.29. The Balaban J connectivity index is 1.84. The van der Waals surface area contributed by atoms with Gasteiger partial charge in [0.05, 0.1) is 11.4 Å². The van der Waals surface area contributed by atoms with Crippen molar-refractivity contribution in [2.45, 2.75) is 31.9 Å². The van der Waals surface area contributed by atoms with Crippen molar-refractivity contribution in [1.82, 2.24) is 15.5 Å². The summed E-state index contributed by atoms with van der Waals surface area (Å²) in [6.07, 6.45) is 2.42. The minimum atomic E-state index is -0.0972. The van der Waals surface area contributed by atoms with Crippen LogP contribution in [0.15, 0.2) is 0 Å². The average Bonchev–Trinajstić information content (AvgIpc) is 3.09. The summed E-state index contributed by atoms with van der Waals surface area (Å²) in [5, 5.41) is 12.7. The summed E-state index contributed by atoms with van der Waals surface area (Å²) < 4.78 is 0. The molecular weight excluding hydrogens is 304 g/mol. The average molecular weight is 322 g/mol. The summed E-state index contributed by atoms with van der Waals surface area (Å²) in [4.78, 5) is 13.6. The van der Waals surface area contributed by atoms with Crippen LogP contribution in [0.4, 0.5) is 5.69 Å². The lowest BCUT2D eigenvalue weighted by molar-refractivity contribution is 0.0958. The number of amides is 1. The van der Waals surface area contributed by atoms with Crippen LogP contribution in [0.2, 0.25) is 0 Å². The van der Waals surface area contributed by atoms with Crippen LogP contribution in [0.5, 0.6) is 0 Å². The first kappa shape index (κ1) is 14.6. The van der Waals surface area contributed by atoms with E-state index in [1.807, 2.05) is 25.6 Å². The molecule has 1 aliphatic rings. The van der Waals surface area contributed by atoms with Gasteiger partial charge in [-0.15, -0.1) is 16.4 Å². The first-order valence-corrected chi connectivity index (χ1v) is 8.86. The Kier molecular flexibility index (Phi) is 4.03. The molecule has 2 aromatic rings. The zero-order chi connectivity index (χ0) is 15.0. The van der Waals surface area contributed by atoms with E-state index in [9.17, 15) is 4.79 Å². The molecule has 0 aromatic carbocycles. The van der Waals surface area contributed by atoms with Crippen LogP contribution in [0.1, 0.15) is 33.8 Å². The van der Waals surface area contributed by atoms with Gasteiger partial charge in [0.15, 0.2) is 0 Å². The number of fused-ring (bicyclic) bond motifs is 1. The number of nitrogens with one attached hydrogen (secondary N) is 1. The lowest BCUT2D eigenvalue weighted by Gasteiger charge is -2.09. The zero-order valence-electron chi connectivity index (χ0n) is 12.1. The molecule has 3 heterocycles. The van der Waals surface area contributed by atoms with Gasteiger partial charge in [-0.3, -0.25) is 4.79 Å². The SMILES string of the molecule is Cc1nnc2sc(C(=O)NCC3CCCS3)c(N)c2c1C. The third-order valence-corrected chi connectivity index (χ3v) is 6.34. The fourth-order valence-electron chi connectivity index (χ4n) is 2.50. The van der Waals surface area contributed by atoms with Crippen molar-refractivity contribution in [2.75, 3.05) is 18.0 Å². The van der Waals surface area contributed by atoms with Crippen LogP contribution in [0, 0.1) is 13.8 Å². The Morgan fingerprint density at radius 3 is 2.95 bits per heavy atom. The second-order valence-electron chi connectivity index (χ2n) is 5.28. The highest BCUT2D eigenvalue weighted by atomic mass is 32.2. The maximum Gasteiger partial charge on any atom is 0.263 e. The Labute approximate surface area is 131 Å². The fourth-order valence-corrected chi connectivity index (χ4v) is 4.72. The molecule has 0 saturated carbocycles. The van der Waals surface area contributed by atoms with E-state index in [0.717, 1.165) is 21.5 Å². The summed E-state index contributed by atoms with van der Waals surface area (Å²) >= 11 is 3.25. The summed E-state index contributed by atoms with van der Waals surface area (Å²) in [5.74, 6) is 1.10. The van der Waals surface area contributed by atoms with Gasteiger partial charge < -0.3 is 11.1 Å². The monoisotopic (exact) mass is 322 g/mol. The molecule has 112 valence electrons. The molecule has 5 nitrogen and oxygen atoms in total. The molecule has 3 rings (SSSR count). The van der Waals surface area contributed by atoms with E-state index < -0.39 is 0 Å². The first-order valence-electron chi connectivity index (χ1n) is 6.99. The molecule has 1 amide bonds. The van der Waals surface area contributed by atoms with Crippen LogP contribution in [-0.2, 0) is 0 Å². The highest BCUT2D eigenvalue weighted by Gasteiger charge is 2.21. The van der Waals surface area contributed by atoms with E-state index in [-0.39, 0.29) is 5.91 Å². The number of thioether (sulfide) groups is 1. The van der Waals surface area contributed by atoms with Crippen LogP contribution < -0.4 is 11.1 Å². The van der Waals surface area contributed by atoms with Crippen molar-refractivity contribution in [3.63, 3.8) is 0 Å². The maximum absolute atomic E-state index is 12.3. The largest absolute Gasteiger partial charge is 0.397 e. The van der Waals surface area contributed by atoms with Gasteiger partial charge in [0.2, 0.25) is 0 Å². The van der Waals surface area contributed by atoms with Crippen LogP contribution in [0.25, 0.3) is 10.2 Å². The normalized spacial score (nSPS) is 18.3. The molecule has 0 aliphatic carbocycles. The fraction of sp³-hybridized carbons (Fsp3) is 0.500. The molecular formula is C14H18N4OS2. The molecule has 1 fully saturated rings. The van der Waals surface area contributed by atoms with Gasteiger partial charge in [0.25, 0.3) is 5.91 Å². The number of carbonyl (C=O) groups is 1. The highest BCUT2D eigenvalue weighted by Crippen LogP contribution is 2.34. The number of nitrogens with zero attached hydrogens (tertiary/aromatic N) is 2. The van der Waals surface area contributed by atoms with E-state index in [4.69, 9.17) is 5.73 Å². The molecule has 1 saturated heterocycles. The van der Waals surface area contributed by atoms with E-state index in [1.54, 1.807) is 0 Å². The summed E-state index contributed by atoms with van der Waals surface area (Å²) in [6, 6.07) is 0. The minimum absolute atomic E-state index is 0.0972. The predicted octanol–water partition coefficient (Wildman–Crippen LogP) is 2.52. The van der Waals surface area contributed by atoms with Gasteiger partial charge in [-0.1, -0.05) is 0 Å². The molecule has 0 radical (unpaired) electrons. The van der Waals surface area contributed by atoms with Crippen molar-refractivity contribution in [3.8, 4) is 0 Å². The van der Waals surface area contributed by atoms with E-state index in [1.165, 1.54) is 29.9 Å². The standard InChI is InChI=1S/C14H18N4OS2/c1-7-8(2)17-18-14-10(7)11(15)12(21-14)13(19)16-6-9-4-3-5-20-9/h9H,3-6,15H2,1-2H3,(H,16,19).